The topological polar surface area (TPSA) is 127 Å². The van der Waals surface area contributed by atoms with Crippen LogP contribution in [0.3, 0.4) is 0 Å². The van der Waals surface area contributed by atoms with Crippen molar-refractivity contribution in [1.82, 2.24) is 0 Å². The van der Waals surface area contributed by atoms with Crippen LogP contribution in [0.15, 0.2) is 0 Å². The fourth-order valence-corrected chi connectivity index (χ4v) is 2.62. The predicted octanol–water partition coefficient (Wildman–Crippen LogP) is 1.96. The minimum absolute atomic E-state index is 0.284. The van der Waals surface area contributed by atoms with Gasteiger partial charge in [-0.25, -0.2) is 0 Å². The van der Waals surface area contributed by atoms with Crippen molar-refractivity contribution in [2.75, 3.05) is 0 Å². The molecular weight excluding hydrogens is 272 g/mol. The highest BCUT2D eigenvalue weighted by Gasteiger charge is 2.58. The number of hydrogen-bond acceptors (Lipinski definition) is 4. The van der Waals surface area contributed by atoms with E-state index in [4.69, 9.17) is 11.5 Å². The van der Waals surface area contributed by atoms with E-state index in [2.05, 4.69) is 6.92 Å². The second-order valence-corrected chi connectivity index (χ2v) is 6.08. The minimum atomic E-state index is -2.09. The van der Waals surface area contributed by atoms with Crippen molar-refractivity contribution < 1.29 is 19.8 Å². The Kier molecular flexibility index (Phi) is 7.89. The second-order valence-electron chi connectivity index (χ2n) is 6.08. The first-order valence-corrected chi connectivity index (χ1v) is 7.65. The molecule has 2 atom stereocenters. The van der Waals surface area contributed by atoms with Crippen LogP contribution < -0.4 is 11.5 Å². The van der Waals surface area contributed by atoms with Crippen LogP contribution >= 0.6 is 0 Å². The monoisotopic (exact) mass is 302 g/mol. The molecule has 0 aliphatic rings. The van der Waals surface area contributed by atoms with Gasteiger partial charge in [0.15, 0.2) is 5.41 Å². The van der Waals surface area contributed by atoms with E-state index in [-0.39, 0.29) is 6.42 Å². The van der Waals surface area contributed by atoms with Gasteiger partial charge >= 0.3 is 11.9 Å². The van der Waals surface area contributed by atoms with E-state index in [9.17, 15) is 19.8 Å². The lowest BCUT2D eigenvalue weighted by molar-refractivity contribution is -0.170. The highest BCUT2D eigenvalue weighted by Crippen LogP contribution is 2.36. The molecular formula is C15H30N2O4. The summed E-state index contributed by atoms with van der Waals surface area (Å²) in [6.45, 7) is 4.85. The molecule has 6 N–H and O–H groups in total. The summed E-state index contributed by atoms with van der Waals surface area (Å²) in [5.41, 5.74) is 8.45. The van der Waals surface area contributed by atoms with Crippen LogP contribution in [-0.2, 0) is 9.59 Å². The molecule has 0 aliphatic carbocycles. The molecule has 0 heterocycles. The number of unbranched alkanes of at least 4 members (excludes halogenated alkanes) is 5. The molecule has 0 saturated heterocycles. The zero-order chi connectivity index (χ0) is 16.7. The number of carbonyl (C=O) groups is 2. The third-order valence-electron chi connectivity index (χ3n) is 4.54. The van der Waals surface area contributed by atoms with Gasteiger partial charge in [0.05, 0.1) is 5.54 Å². The van der Waals surface area contributed by atoms with Crippen molar-refractivity contribution in [3.63, 3.8) is 0 Å². The first-order valence-electron chi connectivity index (χ1n) is 7.65. The number of aliphatic carboxylic acids is 2. The van der Waals surface area contributed by atoms with Crippen molar-refractivity contribution in [2.24, 2.45) is 16.9 Å². The summed E-state index contributed by atoms with van der Waals surface area (Å²) in [5.74, 6) is -2.89. The SMILES string of the molecule is CCCCCCCCC(N)(C(C)N)C(C)(C(=O)O)C(=O)O. The summed E-state index contributed by atoms with van der Waals surface area (Å²) >= 11 is 0. The lowest BCUT2D eigenvalue weighted by Gasteiger charge is -2.43. The number of hydrogen-bond donors (Lipinski definition) is 4. The second kappa shape index (κ2) is 8.34. The lowest BCUT2D eigenvalue weighted by atomic mass is 9.65. The first kappa shape index (κ1) is 19.9. The van der Waals surface area contributed by atoms with E-state index in [1.165, 1.54) is 6.42 Å². The van der Waals surface area contributed by atoms with Gasteiger partial charge in [-0.15, -0.1) is 0 Å². The van der Waals surface area contributed by atoms with E-state index in [1.54, 1.807) is 6.92 Å². The quantitative estimate of drug-likeness (QED) is 0.341. The van der Waals surface area contributed by atoms with Gasteiger partial charge in [0.2, 0.25) is 0 Å². The molecule has 6 heteroatoms. The van der Waals surface area contributed by atoms with Crippen molar-refractivity contribution in [3.8, 4) is 0 Å². The summed E-state index contributed by atoms with van der Waals surface area (Å²) in [4.78, 5) is 22.9. The molecule has 2 unspecified atom stereocenters. The van der Waals surface area contributed by atoms with Crippen LogP contribution in [0.25, 0.3) is 0 Å². The largest absolute Gasteiger partial charge is 0.480 e. The smallest absolute Gasteiger partial charge is 0.322 e. The Morgan fingerprint density at radius 1 is 1.05 bits per heavy atom. The Labute approximate surface area is 126 Å². The Hall–Kier alpha value is -1.14. The molecule has 0 aliphatic heterocycles. The normalized spacial score (nSPS) is 16.2. The Morgan fingerprint density at radius 3 is 1.86 bits per heavy atom. The molecule has 0 fully saturated rings. The van der Waals surface area contributed by atoms with Gasteiger partial charge in [0.1, 0.15) is 0 Å². The van der Waals surface area contributed by atoms with E-state index in [1.807, 2.05) is 0 Å². The maximum Gasteiger partial charge on any atom is 0.322 e. The summed E-state index contributed by atoms with van der Waals surface area (Å²) in [6, 6.07) is -0.731. The fraction of sp³-hybridized carbons (Fsp3) is 0.867. The van der Waals surface area contributed by atoms with Crippen molar-refractivity contribution >= 4 is 11.9 Å². The van der Waals surface area contributed by atoms with Gasteiger partial charge in [-0.1, -0.05) is 45.4 Å². The van der Waals surface area contributed by atoms with Crippen LogP contribution in [0.4, 0.5) is 0 Å². The van der Waals surface area contributed by atoms with E-state index >= 15 is 0 Å². The standard InChI is InChI=1S/C15H30N2O4/c1-4-5-6-7-8-9-10-15(17,11(2)16)14(3,12(18)19)13(20)21/h11H,4-10,16-17H2,1-3H3,(H,18,19)(H,20,21). The lowest BCUT2D eigenvalue weighted by Crippen LogP contribution is -2.69. The van der Waals surface area contributed by atoms with Crippen LogP contribution in [0.5, 0.6) is 0 Å². The molecule has 0 bridgehead atoms. The molecule has 0 spiro atoms. The van der Waals surface area contributed by atoms with E-state index in [0.29, 0.717) is 6.42 Å². The number of rotatable bonds is 11. The molecule has 0 rings (SSSR count). The van der Waals surface area contributed by atoms with Crippen LogP contribution in [0, 0.1) is 5.41 Å². The van der Waals surface area contributed by atoms with Crippen LogP contribution in [-0.4, -0.2) is 33.7 Å². The van der Waals surface area contributed by atoms with Gasteiger partial charge in [-0.05, 0) is 20.3 Å². The molecule has 124 valence electrons. The zero-order valence-electron chi connectivity index (χ0n) is 13.4. The van der Waals surface area contributed by atoms with Gasteiger partial charge in [0.25, 0.3) is 0 Å². The van der Waals surface area contributed by atoms with Crippen LogP contribution in [0.2, 0.25) is 0 Å². The van der Waals surface area contributed by atoms with Gasteiger partial charge in [-0.2, -0.15) is 0 Å². The molecule has 21 heavy (non-hydrogen) atoms. The first-order chi connectivity index (χ1) is 9.64. The highest BCUT2D eigenvalue weighted by atomic mass is 16.4. The van der Waals surface area contributed by atoms with Gasteiger partial charge in [-0.3, -0.25) is 9.59 Å². The minimum Gasteiger partial charge on any atom is -0.480 e. The van der Waals surface area contributed by atoms with Gasteiger partial charge in [0, 0.05) is 6.04 Å². The molecule has 0 aromatic rings. The Bertz CT molecular complexity index is 344. The maximum absolute atomic E-state index is 11.5. The van der Waals surface area contributed by atoms with E-state index in [0.717, 1.165) is 32.6 Å². The molecule has 0 aromatic heterocycles. The fourth-order valence-electron chi connectivity index (χ4n) is 2.62. The number of carboxylic acid groups (broad SMARTS) is 2. The zero-order valence-corrected chi connectivity index (χ0v) is 13.4. The average molecular weight is 302 g/mol. The predicted molar refractivity (Wildman–Crippen MR) is 81.9 cm³/mol. The van der Waals surface area contributed by atoms with Crippen molar-refractivity contribution in [2.45, 2.75) is 77.3 Å². The molecule has 0 amide bonds. The van der Waals surface area contributed by atoms with Gasteiger partial charge < -0.3 is 21.7 Å². The van der Waals surface area contributed by atoms with E-state index < -0.39 is 28.9 Å². The number of carboxylic acids is 2. The van der Waals surface area contributed by atoms with Crippen LogP contribution in [0.1, 0.15) is 65.7 Å². The Morgan fingerprint density at radius 2 is 1.48 bits per heavy atom. The van der Waals surface area contributed by atoms with Crippen molar-refractivity contribution in [1.29, 1.82) is 0 Å². The Balaban J connectivity index is 4.91. The third-order valence-corrected chi connectivity index (χ3v) is 4.54. The third kappa shape index (κ3) is 4.41. The average Bonchev–Trinajstić information content (AvgIpc) is 2.40. The summed E-state index contributed by atoms with van der Waals surface area (Å²) < 4.78 is 0. The molecule has 0 aromatic carbocycles. The summed E-state index contributed by atoms with van der Waals surface area (Å²) in [6.07, 6.45) is 6.35. The molecule has 0 radical (unpaired) electrons. The summed E-state index contributed by atoms with van der Waals surface area (Å²) in [5, 5.41) is 18.7. The molecule has 0 saturated carbocycles. The molecule has 6 nitrogen and oxygen atoms in total. The van der Waals surface area contributed by atoms with Crippen molar-refractivity contribution in [3.05, 3.63) is 0 Å². The highest BCUT2D eigenvalue weighted by molar-refractivity contribution is 5.99. The summed E-state index contributed by atoms with van der Waals surface area (Å²) in [7, 11) is 0. The number of nitrogens with two attached hydrogens (primary N) is 2. The maximum atomic E-state index is 11.5.